The van der Waals surface area contributed by atoms with Crippen LogP contribution in [-0.2, 0) is 10.0 Å². The maximum atomic E-state index is 12.7. The van der Waals surface area contributed by atoms with Gasteiger partial charge in [0, 0.05) is 22.6 Å². The largest absolute Gasteiger partial charge is 0.497 e. The highest BCUT2D eigenvalue weighted by molar-refractivity contribution is 9.10. The highest BCUT2D eigenvalue weighted by atomic mass is 79.9. The van der Waals surface area contributed by atoms with Gasteiger partial charge in [-0.3, -0.25) is 0 Å². The van der Waals surface area contributed by atoms with Crippen LogP contribution in [0, 0.1) is 0 Å². The molecule has 1 N–H and O–H groups in total. The fourth-order valence-electron chi connectivity index (χ4n) is 3.06. The summed E-state index contributed by atoms with van der Waals surface area (Å²) in [4.78, 5) is 0.0336. The second kappa shape index (κ2) is 9.73. The third kappa shape index (κ3) is 5.07. The molecule has 2 heterocycles. The maximum Gasteiger partial charge on any atom is 0.244 e. The minimum Gasteiger partial charge on any atom is -0.497 e. The number of ether oxygens (including phenoxy) is 3. The Morgan fingerprint density at radius 1 is 1.03 bits per heavy atom. The topological polar surface area (TPSA) is 117 Å². The third-order valence-corrected chi connectivity index (χ3v) is 6.60. The van der Waals surface area contributed by atoms with E-state index in [0.29, 0.717) is 27.6 Å². The molecule has 4 rings (SSSR count). The van der Waals surface area contributed by atoms with Crippen LogP contribution in [0.4, 0.5) is 0 Å². The van der Waals surface area contributed by atoms with E-state index < -0.39 is 10.0 Å². The van der Waals surface area contributed by atoms with Crippen LogP contribution < -0.4 is 18.9 Å². The second-order valence-corrected chi connectivity index (χ2v) is 9.39. The number of sulfonamides is 1. The average Bonchev–Trinajstić information content (AvgIpc) is 3.25. The number of nitrogens with one attached hydrogen (secondary N) is 1. The Morgan fingerprint density at radius 2 is 1.88 bits per heavy atom. The fourth-order valence-corrected chi connectivity index (χ4v) is 4.78. The molecule has 0 spiro atoms. The summed E-state index contributed by atoms with van der Waals surface area (Å²) >= 11 is 3.28. The van der Waals surface area contributed by atoms with Gasteiger partial charge < -0.3 is 14.2 Å². The molecule has 2 aromatic carbocycles. The van der Waals surface area contributed by atoms with E-state index in [1.165, 1.54) is 13.2 Å². The van der Waals surface area contributed by atoms with E-state index in [0.717, 1.165) is 5.56 Å². The summed E-state index contributed by atoms with van der Waals surface area (Å²) in [5.74, 6) is 1.75. The molecule has 0 radical (unpaired) electrons. The lowest BCUT2D eigenvalue weighted by Gasteiger charge is -2.11. The summed E-state index contributed by atoms with van der Waals surface area (Å²) in [5.41, 5.74) is 1.32. The Labute approximate surface area is 198 Å². The Balaban J connectivity index is 1.45. The number of hydrogen-bond acceptors (Lipinski definition) is 8. The first kappa shape index (κ1) is 23.0. The second-order valence-electron chi connectivity index (χ2n) is 6.74. The van der Waals surface area contributed by atoms with E-state index >= 15 is 0 Å². The molecule has 0 unspecified atom stereocenters. The van der Waals surface area contributed by atoms with Crippen molar-refractivity contribution in [1.82, 2.24) is 24.5 Å². The number of fused-ring (bicyclic) bond motifs is 1. The van der Waals surface area contributed by atoms with Gasteiger partial charge in [-0.1, -0.05) is 28.1 Å². The zero-order chi connectivity index (χ0) is 23.4. The molecule has 0 aliphatic rings. The van der Waals surface area contributed by atoms with Crippen LogP contribution in [-0.4, -0.2) is 55.6 Å². The van der Waals surface area contributed by atoms with Crippen molar-refractivity contribution >= 4 is 31.6 Å². The van der Waals surface area contributed by atoms with Crippen LogP contribution in [0.5, 0.6) is 17.4 Å². The minimum absolute atomic E-state index is 0.0304. The summed E-state index contributed by atoms with van der Waals surface area (Å²) in [6.45, 7) is 0.0906. The third-order valence-electron chi connectivity index (χ3n) is 4.63. The van der Waals surface area contributed by atoms with E-state index in [4.69, 9.17) is 14.2 Å². The number of aromatic nitrogens is 4. The van der Waals surface area contributed by atoms with Gasteiger partial charge in [0.25, 0.3) is 0 Å². The molecule has 0 aliphatic heterocycles. The molecule has 0 fully saturated rings. The van der Waals surface area contributed by atoms with E-state index in [9.17, 15) is 8.42 Å². The SMILES string of the molecule is COc1cccc(-c2nnc3ccc(OCCNS(=O)(=O)c4cc(Br)ccc4OC)nn23)c1. The minimum atomic E-state index is -3.80. The zero-order valence-electron chi connectivity index (χ0n) is 17.7. The number of methoxy groups -OCH3 is 2. The van der Waals surface area contributed by atoms with Crippen molar-refractivity contribution in [3.8, 4) is 28.8 Å². The van der Waals surface area contributed by atoms with Crippen LogP contribution >= 0.6 is 15.9 Å². The van der Waals surface area contributed by atoms with Gasteiger partial charge in [0.2, 0.25) is 15.9 Å². The molecule has 4 aromatic rings. The summed E-state index contributed by atoms with van der Waals surface area (Å²) in [7, 11) is -0.793. The number of rotatable bonds is 9. The fraction of sp³-hybridized carbons (Fsp3) is 0.190. The zero-order valence-corrected chi connectivity index (χ0v) is 20.1. The lowest BCUT2D eigenvalue weighted by molar-refractivity contribution is 0.305. The molecule has 12 heteroatoms. The summed E-state index contributed by atoms with van der Waals surface area (Å²) in [6.07, 6.45) is 0. The first-order valence-corrected chi connectivity index (χ1v) is 12.0. The lowest BCUT2D eigenvalue weighted by atomic mass is 10.2. The summed E-state index contributed by atoms with van der Waals surface area (Å²) in [6, 6.07) is 15.5. The Morgan fingerprint density at radius 3 is 2.67 bits per heavy atom. The van der Waals surface area contributed by atoms with Crippen LogP contribution in [0.25, 0.3) is 17.0 Å². The molecule has 0 saturated carbocycles. The molecule has 2 aromatic heterocycles. The van der Waals surface area contributed by atoms with Crippen LogP contribution in [0.3, 0.4) is 0 Å². The van der Waals surface area contributed by atoms with E-state index in [2.05, 4.69) is 35.9 Å². The van der Waals surface area contributed by atoms with Crippen molar-refractivity contribution in [1.29, 1.82) is 0 Å². The van der Waals surface area contributed by atoms with Crippen LogP contribution in [0.2, 0.25) is 0 Å². The van der Waals surface area contributed by atoms with Crippen molar-refractivity contribution in [3.05, 3.63) is 59.1 Å². The Kier molecular flexibility index (Phi) is 6.77. The van der Waals surface area contributed by atoms with Crippen molar-refractivity contribution in [3.63, 3.8) is 0 Å². The Bertz CT molecular complexity index is 1390. The average molecular weight is 534 g/mol. The number of benzene rings is 2. The number of halogens is 1. The van der Waals surface area contributed by atoms with Gasteiger partial charge in [-0.05, 0) is 36.4 Å². The van der Waals surface area contributed by atoms with Crippen LogP contribution in [0.1, 0.15) is 0 Å². The van der Waals surface area contributed by atoms with Crippen molar-refractivity contribution < 1.29 is 22.6 Å². The van der Waals surface area contributed by atoms with Crippen molar-refractivity contribution in [2.75, 3.05) is 27.4 Å². The summed E-state index contributed by atoms with van der Waals surface area (Å²) < 4.78 is 46.1. The number of hydrogen-bond donors (Lipinski definition) is 1. The first-order chi connectivity index (χ1) is 15.9. The quantitative estimate of drug-likeness (QED) is 0.326. The molecule has 0 atom stereocenters. The van der Waals surface area contributed by atoms with E-state index in [1.807, 2.05) is 24.3 Å². The van der Waals surface area contributed by atoms with E-state index in [1.54, 1.807) is 35.9 Å². The molecule has 33 heavy (non-hydrogen) atoms. The first-order valence-electron chi connectivity index (χ1n) is 9.74. The van der Waals surface area contributed by atoms with Gasteiger partial charge in [-0.15, -0.1) is 15.3 Å². The molecular weight excluding hydrogens is 514 g/mol. The molecule has 0 amide bonds. The molecule has 172 valence electrons. The van der Waals surface area contributed by atoms with Crippen LogP contribution in [0.15, 0.2) is 64.0 Å². The molecule has 0 saturated heterocycles. The monoisotopic (exact) mass is 533 g/mol. The normalized spacial score (nSPS) is 11.5. The Hall–Kier alpha value is -3.22. The maximum absolute atomic E-state index is 12.7. The van der Waals surface area contributed by atoms with Gasteiger partial charge in [-0.25, -0.2) is 13.1 Å². The molecule has 10 nitrogen and oxygen atoms in total. The smallest absolute Gasteiger partial charge is 0.244 e. The molecule has 0 bridgehead atoms. The van der Waals surface area contributed by atoms with Crippen molar-refractivity contribution in [2.24, 2.45) is 0 Å². The summed E-state index contributed by atoms with van der Waals surface area (Å²) in [5, 5.41) is 12.7. The highest BCUT2D eigenvalue weighted by Gasteiger charge is 2.19. The molecular formula is C21H20BrN5O5S. The highest BCUT2D eigenvalue weighted by Crippen LogP contribution is 2.27. The van der Waals surface area contributed by atoms with Crippen molar-refractivity contribution in [2.45, 2.75) is 4.90 Å². The van der Waals surface area contributed by atoms with E-state index in [-0.39, 0.29) is 23.8 Å². The number of nitrogens with zero attached hydrogens (tertiary/aromatic N) is 4. The van der Waals surface area contributed by atoms with Gasteiger partial charge in [0.05, 0.1) is 14.2 Å². The van der Waals surface area contributed by atoms with Gasteiger partial charge >= 0.3 is 0 Å². The van der Waals surface area contributed by atoms with Gasteiger partial charge in [0.1, 0.15) is 23.0 Å². The standard InChI is InChI=1S/C21H20BrN5O5S/c1-30-16-5-3-4-14(12-16)21-25-24-19-8-9-20(26-27(19)21)32-11-10-23-33(28,29)18-13-15(22)6-7-17(18)31-2/h3-9,12-13,23H,10-11H2,1-2H3. The van der Waals surface area contributed by atoms with Gasteiger partial charge in [-0.2, -0.15) is 4.52 Å². The predicted molar refractivity (Wildman–Crippen MR) is 124 cm³/mol. The lowest BCUT2D eigenvalue weighted by Crippen LogP contribution is -2.28. The predicted octanol–water partition coefficient (Wildman–Crippen LogP) is 2.93. The molecule has 0 aliphatic carbocycles. The van der Waals surface area contributed by atoms with Gasteiger partial charge in [0.15, 0.2) is 11.5 Å².